The molecule has 3 rings (SSSR count). The van der Waals surface area contributed by atoms with E-state index in [9.17, 15) is 0 Å². The van der Waals surface area contributed by atoms with E-state index in [1.807, 2.05) is 22.7 Å². The van der Waals surface area contributed by atoms with Crippen LogP contribution < -0.4 is 5.73 Å². The lowest BCUT2D eigenvalue weighted by atomic mass is 9.98. The molecule has 0 aromatic carbocycles. The SMILES string of the molecule is Nc1cccn2c(CC3CCCOC3)nnc12. The summed E-state index contributed by atoms with van der Waals surface area (Å²) in [6.45, 7) is 1.72. The van der Waals surface area contributed by atoms with Crippen molar-refractivity contribution >= 4 is 11.3 Å². The number of nitrogens with two attached hydrogens (primary N) is 1. The number of ether oxygens (including phenoxy) is 1. The molecular weight excluding hydrogens is 216 g/mol. The van der Waals surface area contributed by atoms with Gasteiger partial charge in [0.05, 0.1) is 5.69 Å². The van der Waals surface area contributed by atoms with Gasteiger partial charge in [-0.25, -0.2) is 0 Å². The highest BCUT2D eigenvalue weighted by Crippen LogP contribution is 2.19. The zero-order chi connectivity index (χ0) is 11.7. The number of pyridine rings is 1. The molecule has 0 spiro atoms. The third-order valence-corrected chi connectivity index (χ3v) is 3.26. The Bertz CT molecular complexity index is 516. The minimum absolute atomic E-state index is 0.553. The first kappa shape index (κ1) is 10.5. The number of hydrogen-bond acceptors (Lipinski definition) is 4. The summed E-state index contributed by atoms with van der Waals surface area (Å²) in [6, 6.07) is 3.77. The minimum Gasteiger partial charge on any atom is -0.396 e. The molecule has 2 aromatic heterocycles. The Morgan fingerprint density at radius 3 is 3.24 bits per heavy atom. The van der Waals surface area contributed by atoms with Gasteiger partial charge in [0, 0.05) is 25.8 Å². The van der Waals surface area contributed by atoms with E-state index in [0.29, 0.717) is 11.6 Å². The van der Waals surface area contributed by atoms with Gasteiger partial charge in [-0.3, -0.25) is 4.40 Å². The van der Waals surface area contributed by atoms with E-state index in [1.165, 1.54) is 6.42 Å². The fourth-order valence-electron chi connectivity index (χ4n) is 2.35. The summed E-state index contributed by atoms with van der Waals surface area (Å²) in [4.78, 5) is 0. The van der Waals surface area contributed by atoms with Crippen molar-refractivity contribution in [3.8, 4) is 0 Å². The highest BCUT2D eigenvalue weighted by atomic mass is 16.5. The Kier molecular flexibility index (Phi) is 2.68. The van der Waals surface area contributed by atoms with Crippen LogP contribution in [-0.2, 0) is 11.2 Å². The van der Waals surface area contributed by atoms with Gasteiger partial charge in [0.1, 0.15) is 5.82 Å². The second kappa shape index (κ2) is 4.33. The van der Waals surface area contributed by atoms with Crippen molar-refractivity contribution in [2.75, 3.05) is 18.9 Å². The molecule has 0 amide bonds. The van der Waals surface area contributed by atoms with Crippen LogP contribution in [0.2, 0.25) is 0 Å². The fourth-order valence-corrected chi connectivity index (χ4v) is 2.35. The molecule has 90 valence electrons. The minimum atomic E-state index is 0.553. The molecule has 2 N–H and O–H groups in total. The van der Waals surface area contributed by atoms with Crippen LogP contribution in [0, 0.1) is 5.92 Å². The molecule has 3 heterocycles. The van der Waals surface area contributed by atoms with Crippen LogP contribution in [-0.4, -0.2) is 27.8 Å². The van der Waals surface area contributed by atoms with E-state index in [1.54, 1.807) is 0 Å². The predicted octanol–water partition coefficient (Wildman–Crippen LogP) is 1.28. The Hall–Kier alpha value is -1.62. The summed E-state index contributed by atoms with van der Waals surface area (Å²) in [5.74, 6) is 1.53. The first-order valence-corrected chi connectivity index (χ1v) is 6.00. The molecule has 0 bridgehead atoms. The van der Waals surface area contributed by atoms with Gasteiger partial charge < -0.3 is 10.5 Å². The first-order chi connectivity index (χ1) is 8.34. The van der Waals surface area contributed by atoms with E-state index in [-0.39, 0.29) is 0 Å². The first-order valence-electron chi connectivity index (χ1n) is 6.00. The normalized spacial score (nSPS) is 20.8. The standard InChI is InChI=1S/C12H16N4O/c13-10-4-1-5-16-11(14-15-12(10)16)7-9-3-2-6-17-8-9/h1,4-5,9H,2-3,6-8,13H2. The van der Waals surface area contributed by atoms with Crippen molar-refractivity contribution in [3.05, 3.63) is 24.2 Å². The smallest absolute Gasteiger partial charge is 0.183 e. The van der Waals surface area contributed by atoms with Crippen molar-refractivity contribution < 1.29 is 4.74 Å². The molecule has 0 aliphatic carbocycles. The highest BCUT2D eigenvalue weighted by Gasteiger charge is 2.17. The molecule has 1 unspecified atom stereocenters. The molecule has 0 radical (unpaired) electrons. The second-order valence-corrected chi connectivity index (χ2v) is 4.56. The quantitative estimate of drug-likeness (QED) is 0.847. The summed E-state index contributed by atoms with van der Waals surface area (Å²) in [5.41, 5.74) is 7.28. The van der Waals surface area contributed by atoms with E-state index in [4.69, 9.17) is 10.5 Å². The third kappa shape index (κ3) is 1.98. The molecule has 1 aliphatic heterocycles. The van der Waals surface area contributed by atoms with Crippen LogP contribution >= 0.6 is 0 Å². The number of hydrogen-bond donors (Lipinski definition) is 1. The van der Waals surface area contributed by atoms with Gasteiger partial charge in [-0.15, -0.1) is 10.2 Å². The maximum Gasteiger partial charge on any atom is 0.183 e. The van der Waals surface area contributed by atoms with Crippen LogP contribution in [0.5, 0.6) is 0 Å². The summed E-state index contributed by atoms with van der Waals surface area (Å²) in [7, 11) is 0. The van der Waals surface area contributed by atoms with Gasteiger partial charge in [0.25, 0.3) is 0 Å². The Labute approximate surface area is 99.6 Å². The summed E-state index contributed by atoms with van der Waals surface area (Å²) in [6.07, 6.45) is 5.22. The topological polar surface area (TPSA) is 65.4 Å². The lowest BCUT2D eigenvalue weighted by Gasteiger charge is -2.21. The number of fused-ring (bicyclic) bond motifs is 1. The Morgan fingerprint density at radius 2 is 2.41 bits per heavy atom. The molecule has 1 atom stereocenters. The van der Waals surface area contributed by atoms with Crippen LogP contribution in [0.1, 0.15) is 18.7 Å². The predicted molar refractivity (Wildman–Crippen MR) is 64.6 cm³/mol. The summed E-state index contributed by atoms with van der Waals surface area (Å²) in [5, 5.41) is 8.36. The van der Waals surface area contributed by atoms with Gasteiger partial charge in [0.2, 0.25) is 0 Å². The zero-order valence-corrected chi connectivity index (χ0v) is 9.67. The molecule has 2 aromatic rings. The van der Waals surface area contributed by atoms with Crippen molar-refractivity contribution in [3.63, 3.8) is 0 Å². The lowest BCUT2D eigenvalue weighted by Crippen LogP contribution is -2.20. The molecule has 5 nitrogen and oxygen atoms in total. The number of nitrogens with zero attached hydrogens (tertiary/aromatic N) is 3. The maximum absolute atomic E-state index is 5.85. The third-order valence-electron chi connectivity index (χ3n) is 3.26. The van der Waals surface area contributed by atoms with Crippen LogP contribution in [0.15, 0.2) is 18.3 Å². The number of anilines is 1. The van der Waals surface area contributed by atoms with Crippen LogP contribution in [0.25, 0.3) is 5.65 Å². The summed E-state index contributed by atoms with van der Waals surface area (Å²) < 4.78 is 7.46. The molecule has 1 fully saturated rings. The number of rotatable bonds is 2. The van der Waals surface area contributed by atoms with Crippen molar-refractivity contribution in [2.24, 2.45) is 5.92 Å². The van der Waals surface area contributed by atoms with Crippen molar-refractivity contribution in [1.82, 2.24) is 14.6 Å². The summed E-state index contributed by atoms with van der Waals surface area (Å²) >= 11 is 0. The van der Waals surface area contributed by atoms with E-state index in [0.717, 1.165) is 37.5 Å². The van der Waals surface area contributed by atoms with Gasteiger partial charge in [0.15, 0.2) is 5.65 Å². The van der Waals surface area contributed by atoms with Crippen molar-refractivity contribution in [1.29, 1.82) is 0 Å². The monoisotopic (exact) mass is 232 g/mol. The molecule has 5 heteroatoms. The average Bonchev–Trinajstić information content (AvgIpc) is 2.76. The van der Waals surface area contributed by atoms with Gasteiger partial charge in [-0.1, -0.05) is 0 Å². The van der Waals surface area contributed by atoms with Gasteiger partial charge in [-0.2, -0.15) is 0 Å². The Morgan fingerprint density at radius 1 is 1.47 bits per heavy atom. The van der Waals surface area contributed by atoms with Gasteiger partial charge >= 0.3 is 0 Å². The molecule has 17 heavy (non-hydrogen) atoms. The molecule has 1 aliphatic rings. The van der Waals surface area contributed by atoms with E-state index in [2.05, 4.69) is 10.2 Å². The molecule has 1 saturated heterocycles. The number of aromatic nitrogens is 3. The van der Waals surface area contributed by atoms with Crippen molar-refractivity contribution in [2.45, 2.75) is 19.3 Å². The zero-order valence-electron chi connectivity index (χ0n) is 9.67. The van der Waals surface area contributed by atoms with E-state index >= 15 is 0 Å². The molecular formula is C12H16N4O. The van der Waals surface area contributed by atoms with E-state index < -0.39 is 0 Å². The Balaban J connectivity index is 1.87. The number of nitrogen functional groups attached to an aromatic ring is 1. The molecule has 0 saturated carbocycles. The second-order valence-electron chi connectivity index (χ2n) is 4.56. The maximum atomic E-state index is 5.85. The lowest BCUT2D eigenvalue weighted by molar-refractivity contribution is 0.0542. The fraction of sp³-hybridized carbons (Fsp3) is 0.500. The van der Waals surface area contributed by atoms with Gasteiger partial charge in [-0.05, 0) is 30.9 Å². The highest BCUT2D eigenvalue weighted by molar-refractivity contribution is 5.63. The van der Waals surface area contributed by atoms with Crippen LogP contribution in [0.3, 0.4) is 0 Å². The average molecular weight is 232 g/mol. The van der Waals surface area contributed by atoms with Crippen LogP contribution in [0.4, 0.5) is 5.69 Å². The largest absolute Gasteiger partial charge is 0.396 e.